The number of halogens is 1. The number of carbonyl (C=O) groups excluding carboxylic acids is 2. The van der Waals surface area contributed by atoms with Gasteiger partial charge in [0.1, 0.15) is 5.75 Å². The zero-order chi connectivity index (χ0) is 21.3. The molecule has 0 unspecified atom stereocenters. The predicted octanol–water partition coefficient (Wildman–Crippen LogP) is 6.11. The van der Waals surface area contributed by atoms with Crippen molar-refractivity contribution < 1.29 is 14.3 Å². The summed E-state index contributed by atoms with van der Waals surface area (Å²) in [6.07, 6.45) is 0. The van der Waals surface area contributed by atoms with Gasteiger partial charge in [0.15, 0.2) is 0 Å². The molecular formula is C23H28ClNO3. The highest BCUT2D eigenvalue weighted by Crippen LogP contribution is 2.32. The number of rotatable bonds is 3. The molecule has 2 aromatic carbocycles. The van der Waals surface area contributed by atoms with Crippen molar-refractivity contribution in [2.24, 2.45) is 0 Å². The molecule has 1 amide bonds. The fourth-order valence-corrected chi connectivity index (χ4v) is 2.86. The number of benzene rings is 2. The van der Waals surface area contributed by atoms with Crippen molar-refractivity contribution in [1.82, 2.24) is 0 Å². The Bertz CT molecular complexity index is 873. The lowest BCUT2D eigenvalue weighted by Gasteiger charge is -2.26. The van der Waals surface area contributed by atoms with Crippen LogP contribution in [0.5, 0.6) is 5.75 Å². The average molecular weight is 402 g/mol. The van der Waals surface area contributed by atoms with Gasteiger partial charge in [0.2, 0.25) is 0 Å². The third-order valence-electron chi connectivity index (χ3n) is 4.36. The molecule has 0 saturated carbocycles. The summed E-state index contributed by atoms with van der Waals surface area (Å²) < 4.78 is 5.16. The van der Waals surface area contributed by atoms with Crippen molar-refractivity contribution in [2.75, 3.05) is 5.32 Å². The number of amides is 1. The van der Waals surface area contributed by atoms with Gasteiger partial charge in [-0.1, -0.05) is 59.2 Å². The topological polar surface area (TPSA) is 55.4 Å². The maximum atomic E-state index is 12.9. The molecule has 1 N–H and O–H groups in total. The number of hydrogen-bond donors (Lipinski definition) is 1. The number of carbonyl (C=O) groups is 2. The second-order valence-electron chi connectivity index (χ2n) is 8.99. The lowest BCUT2D eigenvalue weighted by Crippen LogP contribution is -2.19. The highest BCUT2D eigenvalue weighted by Gasteiger charge is 2.22. The molecule has 2 aromatic rings. The Morgan fingerprint density at radius 1 is 0.893 bits per heavy atom. The summed E-state index contributed by atoms with van der Waals surface area (Å²) in [5.41, 5.74) is 3.01. The first-order valence-electron chi connectivity index (χ1n) is 9.23. The third-order valence-corrected chi connectivity index (χ3v) is 4.60. The summed E-state index contributed by atoms with van der Waals surface area (Å²) in [7, 11) is 0. The Kier molecular flexibility index (Phi) is 6.24. The molecule has 0 aliphatic carbocycles. The Morgan fingerprint density at radius 3 is 1.89 bits per heavy atom. The largest absolute Gasteiger partial charge is 0.426 e. The van der Waals surface area contributed by atoms with Crippen molar-refractivity contribution in [3.8, 4) is 5.75 Å². The van der Waals surface area contributed by atoms with Gasteiger partial charge in [0, 0.05) is 17.6 Å². The molecule has 0 radical (unpaired) electrons. The Hall–Kier alpha value is -2.33. The fourth-order valence-electron chi connectivity index (χ4n) is 2.69. The Labute approximate surface area is 172 Å². The van der Waals surface area contributed by atoms with Crippen LogP contribution in [0.1, 0.15) is 70.0 Å². The predicted molar refractivity (Wildman–Crippen MR) is 115 cm³/mol. The van der Waals surface area contributed by atoms with Crippen LogP contribution in [0.15, 0.2) is 36.4 Å². The molecule has 0 heterocycles. The van der Waals surface area contributed by atoms with Crippen LogP contribution in [0, 0.1) is 0 Å². The molecule has 0 aliphatic heterocycles. The molecule has 0 fully saturated rings. The molecule has 0 atom stereocenters. The molecule has 150 valence electrons. The monoisotopic (exact) mass is 401 g/mol. The molecular weight excluding hydrogens is 374 g/mol. The molecule has 0 bridgehead atoms. The molecule has 4 nitrogen and oxygen atoms in total. The molecule has 0 saturated heterocycles. The van der Waals surface area contributed by atoms with Gasteiger partial charge in [0.05, 0.1) is 5.56 Å². The SMILES string of the molecule is CC(=O)Oc1ccc(Cl)cc1C(=O)Nc1cc(C(C)(C)C)cc(C(C)(C)C)c1. The minimum absolute atomic E-state index is 0.0697. The van der Waals surface area contributed by atoms with Crippen molar-refractivity contribution in [1.29, 1.82) is 0 Å². The van der Waals surface area contributed by atoms with E-state index in [4.69, 9.17) is 16.3 Å². The molecule has 0 aliphatic rings. The normalized spacial score (nSPS) is 11.9. The Morgan fingerprint density at radius 2 is 1.43 bits per heavy atom. The van der Waals surface area contributed by atoms with Crippen molar-refractivity contribution >= 4 is 29.2 Å². The zero-order valence-corrected chi connectivity index (χ0v) is 18.3. The lowest BCUT2D eigenvalue weighted by molar-refractivity contribution is -0.131. The van der Waals surface area contributed by atoms with E-state index in [0.29, 0.717) is 10.7 Å². The number of hydrogen-bond acceptors (Lipinski definition) is 3. The number of esters is 1. The Balaban J connectivity index is 2.47. The number of nitrogens with one attached hydrogen (secondary N) is 1. The highest BCUT2D eigenvalue weighted by atomic mass is 35.5. The average Bonchev–Trinajstić information content (AvgIpc) is 2.54. The highest BCUT2D eigenvalue weighted by molar-refractivity contribution is 6.31. The van der Waals surface area contributed by atoms with E-state index in [1.54, 1.807) is 6.07 Å². The van der Waals surface area contributed by atoms with E-state index in [-0.39, 0.29) is 28.1 Å². The van der Waals surface area contributed by atoms with Crippen molar-refractivity contribution in [3.05, 3.63) is 58.1 Å². The van der Waals surface area contributed by atoms with Crippen LogP contribution >= 0.6 is 11.6 Å². The molecule has 0 spiro atoms. The summed E-state index contributed by atoms with van der Waals surface area (Å²) in [6.45, 7) is 14.1. The van der Waals surface area contributed by atoms with Gasteiger partial charge >= 0.3 is 5.97 Å². The maximum absolute atomic E-state index is 12.9. The second-order valence-corrected chi connectivity index (χ2v) is 9.42. The van der Waals surface area contributed by atoms with Crippen molar-refractivity contribution in [2.45, 2.75) is 59.3 Å². The van der Waals surface area contributed by atoms with Crippen LogP contribution in [-0.2, 0) is 15.6 Å². The van der Waals surface area contributed by atoms with Crippen LogP contribution in [0.4, 0.5) is 5.69 Å². The standard InChI is InChI=1S/C23H28ClNO3/c1-14(26)28-20-9-8-17(24)13-19(20)21(27)25-18-11-15(22(2,3)4)10-16(12-18)23(5,6)7/h8-13H,1-7H3,(H,25,27). The first kappa shape index (κ1) is 22.0. The van der Waals surface area contributed by atoms with Crippen LogP contribution in [0.25, 0.3) is 0 Å². The van der Waals surface area contributed by atoms with E-state index in [2.05, 4.69) is 52.9 Å². The first-order valence-corrected chi connectivity index (χ1v) is 9.60. The van der Waals surface area contributed by atoms with Crippen LogP contribution < -0.4 is 10.1 Å². The van der Waals surface area contributed by atoms with Gasteiger partial charge in [-0.15, -0.1) is 0 Å². The van der Waals surface area contributed by atoms with Gasteiger partial charge in [-0.3, -0.25) is 9.59 Å². The summed E-state index contributed by atoms with van der Waals surface area (Å²) in [6, 6.07) is 10.7. The molecule has 0 aromatic heterocycles. The van der Waals surface area contributed by atoms with E-state index in [9.17, 15) is 9.59 Å². The molecule has 5 heteroatoms. The van der Waals surface area contributed by atoms with Gasteiger partial charge < -0.3 is 10.1 Å². The zero-order valence-electron chi connectivity index (χ0n) is 17.6. The molecule has 2 rings (SSSR count). The van der Waals surface area contributed by atoms with E-state index < -0.39 is 5.97 Å². The smallest absolute Gasteiger partial charge is 0.308 e. The van der Waals surface area contributed by atoms with Gasteiger partial charge in [-0.2, -0.15) is 0 Å². The minimum Gasteiger partial charge on any atom is -0.426 e. The van der Waals surface area contributed by atoms with Crippen LogP contribution in [-0.4, -0.2) is 11.9 Å². The number of anilines is 1. The maximum Gasteiger partial charge on any atom is 0.308 e. The summed E-state index contributed by atoms with van der Waals surface area (Å²) in [4.78, 5) is 24.3. The third kappa shape index (κ3) is 5.59. The van der Waals surface area contributed by atoms with Crippen LogP contribution in [0.2, 0.25) is 5.02 Å². The summed E-state index contributed by atoms with van der Waals surface area (Å²) in [5.74, 6) is -0.705. The fraction of sp³-hybridized carbons (Fsp3) is 0.391. The van der Waals surface area contributed by atoms with E-state index in [1.165, 1.54) is 19.1 Å². The number of ether oxygens (including phenoxy) is 1. The molecule has 28 heavy (non-hydrogen) atoms. The van der Waals surface area contributed by atoms with Gasteiger partial charge in [-0.25, -0.2) is 0 Å². The summed E-state index contributed by atoms with van der Waals surface area (Å²) in [5, 5.41) is 3.32. The second kappa shape index (κ2) is 7.96. The van der Waals surface area contributed by atoms with Gasteiger partial charge in [0.25, 0.3) is 5.91 Å². The van der Waals surface area contributed by atoms with Crippen LogP contribution in [0.3, 0.4) is 0 Å². The van der Waals surface area contributed by atoms with E-state index >= 15 is 0 Å². The van der Waals surface area contributed by atoms with E-state index in [0.717, 1.165) is 11.1 Å². The summed E-state index contributed by atoms with van der Waals surface area (Å²) >= 11 is 6.05. The first-order chi connectivity index (χ1) is 12.8. The lowest BCUT2D eigenvalue weighted by atomic mass is 9.80. The minimum atomic E-state index is -0.499. The van der Waals surface area contributed by atoms with E-state index in [1.807, 2.05) is 12.1 Å². The quantitative estimate of drug-likeness (QED) is 0.498. The van der Waals surface area contributed by atoms with Crippen molar-refractivity contribution in [3.63, 3.8) is 0 Å². The van der Waals surface area contributed by atoms with Gasteiger partial charge in [-0.05, 0) is 52.3 Å².